The Kier molecular flexibility index (Phi) is 4.62. The van der Waals surface area contributed by atoms with Crippen LogP contribution in [0.3, 0.4) is 0 Å². The van der Waals surface area contributed by atoms with E-state index < -0.39 is 0 Å². The Bertz CT molecular complexity index is 298. The second-order valence-corrected chi connectivity index (χ2v) is 3.49. The number of hydrogen-bond acceptors (Lipinski definition) is 1. The van der Waals surface area contributed by atoms with Crippen molar-refractivity contribution in [1.29, 1.82) is 0 Å². The molecule has 0 saturated carbocycles. The van der Waals surface area contributed by atoms with Crippen LogP contribution in [0.2, 0.25) is 0 Å². The van der Waals surface area contributed by atoms with E-state index in [0.29, 0.717) is 6.17 Å². The van der Waals surface area contributed by atoms with E-state index in [-0.39, 0.29) is 0 Å². The molecule has 14 heavy (non-hydrogen) atoms. The van der Waals surface area contributed by atoms with Crippen LogP contribution in [0.25, 0.3) is 0 Å². The SMILES string of the molecule is CN(C[Si])/C(=N\C[Si])c1ccccc1. The minimum absolute atomic E-state index is 0.612. The predicted octanol–water partition coefficient (Wildman–Crippen LogP) is 0.617. The molecule has 1 aromatic rings. The van der Waals surface area contributed by atoms with E-state index in [1.165, 1.54) is 0 Å². The highest BCUT2D eigenvalue weighted by Gasteiger charge is 2.05. The smallest absolute Gasteiger partial charge is 0.129 e. The Hall–Kier alpha value is -0.876. The summed E-state index contributed by atoms with van der Waals surface area (Å²) in [4.78, 5) is 6.44. The lowest BCUT2D eigenvalue weighted by Crippen LogP contribution is -2.29. The average Bonchev–Trinajstić information content (AvgIpc) is 2.26. The van der Waals surface area contributed by atoms with Crippen LogP contribution in [-0.2, 0) is 0 Å². The monoisotopic (exact) mass is 216 g/mol. The molecule has 0 atom stereocenters. The topological polar surface area (TPSA) is 15.6 Å². The highest BCUT2D eigenvalue weighted by atomic mass is 28.1. The zero-order valence-electron chi connectivity index (χ0n) is 8.20. The first kappa shape index (κ1) is 11.2. The van der Waals surface area contributed by atoms with E-state index in [0.717, 1.165) is 17.6 Å². The van der Waals surface area contributed by atoms with Gasteiger partial charge in [0.2, 0.25) is 0 Å². The molecular weight excluding hydrogens is 204 g/mol. The molecule has 0 bridgehead atoms. The van der Waals surface area contributed by atoms with Gasteiger partial charge in [0, 0.05) is 24.9 Å². The Balaban J connectivity index is 2.95. The third-order valence-electron chi connectivity index (χ3n) is 1.86. The summed E-state index contributed by atoms with van der Waals surface area (Å²) >= 11 is 0. The van der Waals surface area contributed by atoms with Crippen LogP contribution in [0, 0.1) is 0 Å². The minimum Gasteiger partial charge on any atom is -0.363 e. The maximum absolute atomic E-state index is 4.39. The summed E-state index contributed by atoms with van der Waals surface area (Å²) < 4.78 is 0. The van der Waals surface area contributed by atoms with Gasteiger partial charge in [-0.15, -0.1) is 0 Å². The van der Waals surface area contributed by atoms with Crippen LogP contribution in [0.15, 0.2) is 35.3 Å². The van der Waals surface area contributed by atoms with Crippen LogP contribution < -0.4 is 0 Å². The van der Waals surface area contributed by atoms with Gasteiger partial charge in [-0.1, -0.05) is 30.3 Å². The van der Waals surface area contributed by atoms with Crippen molar-refractivity contribution in [2.75, 3.05) is 19.4 Å². The second kappa shape index (κ2) is 5.77. The number of aliphatic imine (C=N–C) groups is 1. The zero-order valence-corrected chi connectivity index (χ0v) is 10.2. The molecule has 0 heterocycles. The summed E-state index contributed by atoms with van der Waals surface area (Å²) in [7, 11) is 8.82. The fourth-order valence-electron chi connectivity index (χ4n) is 1.17. The Morgan fingerprint density at radius 1 is 1.29 bits per heavy atom. The summed E-state index contributed by atoms with van der Waals surface area (Å²) in [6, 6.07) is 10.1. The van der Waals surface area contributed by atoms with Crippen molar-refractivity contribution < 1.29 is 0 Å². The lowest BCUT2D eigenvalue weighted by molar-refractivity contribution is 0.592. The van der Waals surface area contributed by atoms with Gasteiger partial charge in [0.1, 0.15) is 5.84 Å². The van der Waals surface area contributed by atoms with Gasteiger partial charge in [0.15, 0.2) is 0 Å². The number of benzene rings is 1. The van der Waals surface area contributed by atoms with Gasteiger partial charge in [0.25, 0.3) is 0 Å². The van der Waals surface area contributed by atoms with Crippen molar-refractivity contribution in [2.24, 2.45) is 4.99 Å². The second-order valence-electron chi connectivity index (χ2n) is 2.86. The molecule has 0 unspecified atom stereocenters. The number of rotatable bonds is 3. The molecule has 6 radical (unpaired) electrons. The van der Waals surface area contributed by atoms with Crippen molar-refractivity contribution in [3.05, 3.63) is 35.9 Å². The van der Waals surface area contributed by atoms with Gasteiger partial charge < -0.3 is 4.90 Å². The van der Waals surface area contributed by atoms with Gasteiger partial charge in [-0.3, -0.25) is 4.99 Å². The Morgan fingerprint density at radius 3 is 2.43 bits per heavy atom. The first-order chi connectivity index (χ1) is 6.79. The van der Waals surface area contributed by atoms with Gasteiger partial charge >= 0.3 is 0 Å². The molecule has 1 aromatic carbocycles. The third kappa shape index (κ3) is 2.82. The largest absolute Gasteiger partial charge is 0.363 e. The standard InChI is InChI=1S/C10H12N2Si2/c1-12(8-14)10(11-7-13)9-5-3-2-4-6-9/h2-6H,7-8H2,1H3/b11-10-. The number of hydrogen-bond donors (Lipinski definition) is 0. The first-order valence-electron chi connectivity index (χ1n) is 4.39. The molecule has 0 amide bonds. The molecule has 0 aliphatic rings. The molecule has 0 aromatic heterocycles. The van der Waals surface area contributed by atoms with E-state index in [4.69, 9.17) is 0 Å². The summed E-state index contributed by atoms with van der Waals surface area (Å²) in [6.45, 7) is 0. The Morgan fingerprint density at radius 2 is 1.93 bits per heavy atom. The lowest BCUT2D eigenvalue weighted by Gasteiger charge is -2.19. The van der Waals surface area contributed by atoms with E-state index in [1.807, 2.05) is 30.1 Å². The highest BCUT2D eigenvalue weighted by molar-refractivity contribution is 6.13. The van der Waals surface area contributed by atoms with Gasteiger partial charge in [-0.05, 0) is 0 Å². The molecule has 0 spiro atoms. The molecule has 2 nitrogen and oxygen atoms in total. The zero-order chi connectivity index (χ0) is 10.4. The summed E-state index contributed by atoms with van der Waals surface area (Å²) in [5, 5.41) is 0. The van der Waals surface area contributed by atoms with Crippen molar-refractivity contribution in [3.63, 3.8) is 0 Å². The van der Waals surface area contributed by atoms with Crippen molar-refractivity contribution >= 4 is 26.3 Å². The Labute approximate surface area is 91.9 Å². The van der Waals surface area contributed by atoms with Gasteiger partial charge in [-0.25, -0.2) is 0 Å². The maximum Gasteiger partial charge on any atom is 0.129 e. The van der Waals surface area contributed by atoms with Crippen LogP contribution in [0.5, 0.6) is 0 Å². The lowest BCUT2D eigenvalue weighted by atomic mass is 10.2. The third-order valence-corrected chi connectivity index (χ3v) is 2.49. The van der Waals surface area contributed by atoms with Crippen molar-refractivity contribution in [2.45, 2.75) is 0 Å². The molecule has 0 aliphatic carbocycles. The molecule has 1 rings (SSSR count). The van der Waals surface area contributed by atoms with E-state index in [2.05, 4.69) is 37.6 Å². The van der Waals surface area contributed by atoms with E-state index >= 15 is 0 Å². The molecule has 4 heteroatoms. The molecule has 0 saturated heterocycles. The number of nitrogens with zero attached hydrogens (tertiary/aromatic N) is 2. The van der Waals surface area contributed by atoms with Crippen LogP contribution >= 0.6 is 0 Å². The fraction of sp³-hybridized carbons (Fsp3) is 0.300. The summed E-state index contributed by atoms with van der Waals surface area (Å²) in [5.41, 5.74) is 1.13. The summed E-state index contributed by atoms with van der Waals surface area (Å²) in [5.74, 6) is 0.982. The average molecular weight is 216 g/mol. The van der Waals surface area contributed by atoms with Gasteiger partial charge in [0.05, 0.1) is 20.5 Å². The van der Waals surface area contributed by atoms with Gasteiger partial charge in [-0.2, -0.15) is 0 Å². The molecule has 0 aliphatic heterocycles. The molecule has 0 N–H and O–H groups in total. The maximum atomic E-state index is 4.39. The minimum atomic E-state index is 0.612. The van der Waals surface area contributed by atoms with E-state index in [1.54, 1.807) is 0 Å². The predicted molar refractivity (Wildman–Crippen MR) is 62.0 cm³/mol. The molecular formula is C10H12N2Si2. The summed E-state index contributed by atoms with van der Waals surface area (Å²) in [6.07, 6.45) is 1.38. The van der Waals surface area contributed by atoms with Crippen molar-refractivity contribution in [3.8, 4) is 0 Å². The fourth-order valence-corrected chi connectivity index (χ4v) is 1.47. The normalized spacial score (nSPS) is 11.5. The van der Waals surface area contributed by atoms with Crippen LogP contribution in [0.1, 0.15) is 5.56 Å². The number of amidine groups is 1. The first-order valence-corrected chi connectivity index (χ1v) is 5.81. The molecule has 0 fully saturated rings. The van der Waals surface area contributed by atoms with Crippen molar-refractivity contribution in [1.82, 2.24) is 4.90 Å². The molecule has 70 valence electrons. The highest BCUT2D eigenvalue weighted by Crippen LogP contribution is 2.03. The van der Waals surface area contributed by atoms with E-state index in [9.17, 15) is 0 Å². The van der Waals surface area contributed by atoms with Crippen LogP contribution in [-0.4, -0.2) is 50.6 Å². The van der Waals surface area contributed by atoms with Crippen LogP contribution in [0.4, 0.5) is 0 Å². The quantitative estimate of drug-likeness (QED) is 0.411.